The summed E-state index contributed by atoms with van der Waals surface area (Å²) >= 11 is 5.99. The minimum Gasteiger partial charge on any atom is -0.353 e. The number of carbonyl (C=O) groups excluding carboxylic acids is 2. The van der Waals surface area contributed by atoms with E-state index in [1.165, 1.54) is 0 Å². The third-order valence-corrected chi connectivity index (χ3v) is 5.81. The number of halogens is 1. The van der Waals surface area contributed by atoms with Crippen LogP contribution in [0.2, 0.25) is 5.02 Å². The molecule has 4 nitrogen and oxygen atoms in total. The van der Waals surface area contributed by atoms with Crippen molar-refractivity contribution in [2.24, 2.45) is 0 Å². The van der Waals surface area contributed by atoms with Crippen LogP contribution in [0.15, 0.2) is 48.5 Å². The molecule has 4 rings (SSSR count). The first-order valence-corrected chi connectivity index (χ1v) is 9.89. The fraction of sp³-hybridized carbons (Fsp3) is 0.364. The van der Waals surface area contributed by atoms with Crippen LogP contribution in [-0.2, 0) is 21.4 Å². The van der Waals surface area contributed by atoms with E-state index in [-0.39, 0.29) is 11.8 Å². The molecule has 27 heavy (non-hydrogen) atoms. The minimum atomic E-state index is -0.465. The van der Waals surface area contributed by atoms with Crippen LogP contribution in [0.5, 0.6) is 0 Å². The highest BCUT2D eigenvalue weighted by molar-refractivity contribution is 6.30. The Morgan fingerprint density at radius 1 is 1.00 bits per heavy atom. The van der Waals surface area contributed by atoms with Gasteiger partial charge in [0, 0.05) is 16.8 Å². The molecule has 0 heterocycles. The van der Waals surface area contributed by atoms with Crippen molar-refractivity contribution < 1.29 is 9.59 Å². The molecule has 2 N–H and O–H groups in total. The van der Waals surface area contributed by atoms with Crippen molar-refractivity contribution in [3.05, 3.63) is 64.7 Å². The van der Waals surface area contributed by atoms with Crippen molar-refractivity contribution in [2.75, 3.05) is 5.32 Å². The maximum absolute atomic E-state index is 13.0. The van der Waals surface area contributed by atoms with E-state index >= 15 is 0 Å². The third-order valence-electron chi connectivity index (χ3n) is 5.56. The Hall–Kier alpha value is -2.33. The van der Waals surface area contributed by atoms with E-state index in [1.54, 1.807) is 0 Å². The van der Waals surface area contributed by atoms with Gasteiger partial charge in [-0.1, -0.05) is 42.3 Å². The fourth-order valence-electron chi connectivity index (χ4n) is 3.59. The van der Waals surface area contributed by atoms with E-state index in [1.807, 2.05) is 48.5 Å². The smallest absolute Gasteiger partial charge is 0.235 e. The molecule has 2 aliphatic carbocycles. The maximum Gasteiger partial charge on any atom is 0.235 e. The molecule has 2 saturated carbocycles. The summed E-state index contributed by atoms with van der Waals surface area (Å²) < 4.78 is 0. The molecule has 0 saturated heterocycles. The molecule has 2 amide bonds. The van der Waals surface area contributed by atoms with E-state index in [9.17, 15) is 9.59 Å². The zero-order valence-electron chi connectivity index (χ0n) is 15.1. The minimum absolute atomic E-state index is 0.0234. The normalized spacial score (nSPS) is 17.7. The monoisotopic (exact) mass is 382 g/mol. The highest BCUT2D eigenvalue weighted by Crippen LogP contribution is 2.44. The number of carbonyl (C=O) groups is 2. The van der Waals surface area contributed by atoms with E-state index in [0.29, 0.717) is 17.5 Å². The van der Waals surface area contributed by atoms with E-state index in [4.69, 9.17) is 11.6 Å². The topological polar surface area (TPSA) is 58.2 Å². The molecule has 0 unspecified atom stereocenters. The summed E-state index contributed by atoms with van der Waals surface area (Å²) in [7, 11) is 0. The SMILES string of the molecule is O=C(Cc1ccc(NC(=O)C2(c3ccc(Cl)cc3)CCC2)cc1)NC1CC1. The molecule has 0 radical (unpaired) electrons. The predicted octanol–water partition coefficient (Wildman–Crippen LogP) is 4.22. The fourth-order valence-corrected chi connectivity index (χ4v) is 3.72. The van der Waals surface area contributed by atoms with Crippen LogP contribution in [0.1, 0.15) is 43.2 Å². The molecule has 0 aromatic heterocycles. The number of rotatable bonds is 6. The second kappa shape index (κ2) is 7.35. The van der Waals surface area contributed by atoms with Crippen molar-refractivity contribution in [3.8, 4) is 0 Å². The van der Waals surface area contributed by atoms with E-state index in [2.05, 4.69) is 10.6 Å². The molecular formula is C22H23ClN2O2. The van der Waals surface area contributed by atoms with Gasteiger partial charge >= 0.3 is 0 Å². The highest BCUT2D eigenvalue weighted by atomic mass is 35.5. The molecule has 140 valence electrons. The Morgan fingerprint density at radius 3 is 2.22 bits per heavy atom. The second-order valence-electron chi connectivity index (χ2n) is 7.61. The van der Waals surface area contributed by atoms with Crippen molar-refractivity contribution >= 4 is 29.1 Å². The predicted molar refractivity (Wildman–Crippen MR) is 107 cm³/mol. The molecule has 0 atom stereocenters. The van der Waals surface area contributed by atoms with Gasteiger partial charge in [-0.15, -0.1) is 0 Å². The number of anilines is 1. The van der Waals surface area contributed by atoms with Crippen LogP contribution >= 0.6 is 11.6 Å². The Morgan fingerprint density at radius 2 is 1.67 bits per heavy atom. The molecule has 2 aliphatic rings. The number of hydrogen-bond donors (Lipinski definition) is 2. The summed E-state index contributed by atoms with van der Waals surface area (Å²) in [4.78, 5) is 24.9. The van der Waals surface area contributed by atoms with E-state index < -0.39 is 5.41 Å². The van der Waals surface area contributed by atoms with Crippen molar-refractivity contribution in [1.29, 1.82) is 0 Å². The van der Waals surface area contributed by atoms with Crippen LogP contribution < -0.4 is 10.6 Å². The molecule has 2 aromatic carbocycles. The van der Waals surface area contributed by atoms with Crippen LogP contribution in [0.25, 0.3) is 0 Å². The zero-order valence-corrected chi connectivity index (χ0v) is 15.9. The zero-order chi connectivity index (χ0) is 18.9. The number of nitrogens with one attached hydrogen (secondary N) is 2. The molecule has 0 bridgehead atoms. The summed E-state index contributed by atoms with van der Waals surface area (Å²) in [5.41, 5.74) is 2.26. The van der Waals surface area contributed by atoms with Gasteiger partial charge in [-0.3, -0.25) is 9.59 Å². The van der Waals surface area contributed by atoms with Gasteiger partial charge in [0.25, 0.3) is 0 Å². The lowest BCUT2D eigenvalue weighted by molar-refractivity contribution is -0.124. The van der Waals surface area contributed by atoms with Gasteiger partial charge in [0.2, 0.25) is 11.8 Å². The third kappa shape index (κ3) is 4.01. The van der Waals surface area contributed by atoms with Crippen molar-refractivity contribution in [2.45, 2.75) is 50.0 Å². The standard InChI is InChI=1S/C22H23ClN2O2/c23-17-6-4-16(5-7-17)22(12-1-13-22)21(27)25-19-8-2-15(3-9-19)14-20(26)24-18-10-11-18/h2-9,18H,1,10-14H2,(H,24,26)(H,25,27). The lowest BCUT2D eigenvalue weighted by atomic mass is 9.64. The summed E-state index contributed by atoms with van der Waals surface area (Å²) in [5.74, 6) is 0.0840. The summed E-state index contributed by atoms with van der Waals surface area (Å²) in [6, 6.07) is 15.5. The summed E-state index contributed by atoms with van der Waals surface area (Å²) in [6.07, 6.45) is 5.29. The molecule has 2 fully saturated rings. The van der Waals surface area contributed by atoms with E-state index in [0.717, 1.165) is 48.9 Å². The summed E-state index contributed by atoms with van der Waals surface area (Å²) in [5, 5.41) is 6.71. The quantitative estimate of drug-likeness (QED) is 0.785. The largest absolute Gasteiger partial charge is 0.353 e. The van der Waals surface area contributed by atoms with Crippen LogP contribution in [0, 0.1) is 0 Å². The molecular weight excluding hydrogens is 360 g/mol. The Kier molecular flexibility index (Phi) is 4.92. The average Bonchev–Trinajstić information content (AvgIpc) is 3.41. The van der Waals surface area contributed by atoms with Crippen LogP contribution in [-0.4, -0.2) is 17.9 Å². The van der Waals surface area contributed by atoms with Gasteiger partial charge in [0.1, 0.15) is 0 Å². The first-order valence-electron chi connectivity index (χ1n) is 9.51. The number of amides is 2. The van der Waals surface area contributed by atoms with Crippen LogP contribution in [0.4, 0.5) is 5.69 Å². The first-order chi connectivity index (χ1) is 13.0. The molecule has 2 aromatic rings. The van der Waals surface area contributed by atoms with Crippen LogP contribution in [0.3, 0.4) is 0 Å². The average molecular weight is 383 g/mol. The maximum atomic E-state index is 13.0. The lowest BCUT2D eigenvalue weighted by Crippen LogP contribution is -2.45. The van der Waals surface area contributed by atoms with Gasteiger partial charge < -0.3 is 10.6 Å². The summed E-state index contributed by atoms with van der Waals surface area (Å²) in [6.45, 7) is 0. The van der Waals surface area contributed by atoms with Gasteiger partial charge in [-0.2, -0.15) is 0 Å². The lowest BCUT2D eigenvalue weighted by Gasteiger charge is -2.40. The molecule has 0 spiro atoms. The van der Waals surface area contributed by atoms with Crippen molar-refractivity contribution in [1.82, 2.24) is 5.32 Å². The van der Waals surface area contributed by atoms with Crippen molar-refractivity contribution in [3.63, 3.8) is 0 Å². The first kappa shape index (κ1) is 18.1. The number of benzene rings is 2. The number of hydrogen-bond acceptors (Lipinski definition) is 2. The Bertz CT molecular complexity index is 838. The Balaban J connectivity index is 1.41. The van der Waals surface area contributed by atoms with Gasteiger partial charge in [-0.25, -0.2) is 0 Å². The second-order valence-corrected chi connectivity index (χ2v) is 8.05. The van der Waals surface area contributed by atoms with Gasteiger partial charge in [0.05, 0.1) is 11.8 Å². The molecule has 0 aliphatic heterocycles. The Labute approximate surface area is 164 Å². The van der Waals surface area contributed by atoms with Gasteiger partial charge in [0.15, 0.2) is 0 Å². The van der Waals surface area contributed by atoms with Gasteiger partial charge in [-0.05, 0) is 61.1 Å². The highest BCUT2D eigenvalue weighted by Gasteiger charge is 2.45. The molecule has 5 heteroatoms.